The molecule has 4 aromatic rings. The molecule has 31 heavy (non-hydrogen) atoms. The SMILES string of the molecule is Cc1cc(=O)n2[nH]c(C3CCCN3C(=O)C(C)n3ncc4ccccc4c3=O)cc2n1. The van der Waals surface area contributed by atoms with E-state index in [0.29, 0.717) is 23.3 Å². The maximum absolute atomic E-state index is 13.4. The summed E-state index contributed by atoms with van der Waals surface area (Å²) in [7, 11) is 0. The van der Waals surface area contributed by atoms with Crippen molar-refractivity contribution in [2.45, 2.75) is 38.8 Å². The Labute approximate surface area is 176 Å². The Bertz CT molecular complexity index is 1430. The van der Waals surface area contributed by atoms with Crippen LogP contribution in [0.3, 0.4) is 0 Å². The summed E-state index contributed by atoms with van der Waals surface area (Å²) in [6.45, 7) is 4.05. The average Bonchev–Trinajstić information content (AvgIpc) is 3.40. The number of likely N-dealkylation sites (tertiary alicyclic amines) is 1. The van der Waals surface area contributed by atoms with Crippen LogP contribution in [0.25, 0.3) is 16.4 Å². The molecule has 1 fully saturated rings. The van der Waals surface area contributed by atoms with Crippen molar-refractivity contribution in [1.82, 2.24) is 29.3 Å². The molecule has 1 amide bonds. The van der Waals surface area contributed by atoms with Crippen molar-refractivity contribution in [2.75, 3.05) is 6.54 Å². The van der Waals surface area contributed by atoms with E-state index in [1.165, 1.54) is 15.3 Å². The second-order valence-corrected chi connectivity index (χ2v) is 7.99. The van der Waals surface area contributed by atoms with E-state index in [2.05, 4.69) is 15.2 Å². The van der Waals surface area contributed by atoms with Crippen molar-refractivity contribution < 1.29 is 4.79 Å². The van der Waals surface area contributed by atoms with Gasteiger partial charge in [-0.3, -0.25) is 19.5 Å². The molecule has 0 aliphatic carbocycles. The van der Waals surface area contributed by atoms with Crippen molar-refractivity contribution in [2.24, 2.45) is 0 Å². The third kappa shape index (κ3) is 3.13. The highest BCUT2D eigenvalue weighted by molar-refractivity contribution is 5.83. The summed E-state index contributed by atoms with van der Waals surface area (Å²) < 4.78 is 2.64. The van der Waals surface area contributed by atoms with Crippen LogP contribution in [0.5, 0.6) is 0 Å². The first-order valence-corrected chi connectivity index (χ1v) is 10.3. The highest BCUT2D eigenvalue weighted by Gasteiger charge is 2.35. The van der Waals surface area contributed by atoms with Gasteiger partial charge < -0.3 is 4.90 Å². The average molecular weight is 418 g/mol. The molecule has 3 aromatic heterocycles. The highest BCUT2D eigenvalue weighted by atomic mass is 16.2. The molecule has 4 heterocycles. The lowest BCUT2D eigenvalue weighted by atomic mass is 10.1. The molecule has 1 saturated heterocycles. The number of aryl methyl sites for hydroxylation is 1. The molecule has 9 heteroatoms. The molecule has 0 spiro atoms. The maximum Gasteiger partial charge on any atom is 0.275 e. The molecule has 0 bridgehead atoms. The van der Waals surface area contributed by atoms with Crippen molar-refractivity contribution in [3.8, 4) is 0 Å². The fraction of sp³-hybridized carbons (Fsp3) is 0.318. The van der Waals surface area contributed by atoms with Gasteiger partial charge in [0.1, 0.15) is 6.04 Å². The lowest BCUT2D eigenvalue weighted by Gasteiger charge is -2.27. The van der Waals surface area contributed by atoms with Gasteiger partial charge in [-0.25, -0.2) is 14.2 Å². The summed E-state index contributed by atoms with van der Waals surface area (Å²) in [4.78, 5) is 44.7. The number of H-pyrrole nitrogens is 1. The van der Waals surface area contributed by atoms with E-state index in [1.54, 1.807) is 37.1 Å². The zero-order valence-corrected chi connectivity index (χ0v) is 17.3. The Morgan fingerprint density at radius 1 is 1.23 bits per heavy atom. The zero-order chi connectivity index (χ0) is 21.7. The van der Waals surface area contributed by atoms with Crippen LogP contribution < -0.4 is 11.1 Å². The number of amides is 1. The van der Waals surface area contributed by atoms with Crippen LogP contribution in [-0.2, 0) is 4.79 Å². The smallest absolute Gasteiger partial charge is 0.275 e. The van der Waals surface area contributed by atoms with Gasteiger partial charge in [-0.2, -0.15) is 5.10 Å². The topological polar surface area (TPSA) is 105 Å². The summed E-state index contributed by atoms with van der Waals surface area (Å²) in [5.74, 6) is -0.178. The molecule has 5 rings (SSSR count). The van der Waals surface area contributed by atoms with Gasteiger partial charge in [0, 0.05) is 29.8 Å². The summed E-state index contributed by atoms with van der Waals surface area (Å²) in [6, 6.07) is 9.52. The van der Waals surface area contributed by atoms with Gasteiger partial charge in [-0.1, -0.05) is 18.2 Å². The number of hydrogen-bond donors (Lipinski definition) is 1. The molecule has 1 aromatic carbocycles. The molecule has 1 aliphatic rings. The lowest BCUT2D eigenvalue weighted by molar-refractivity contribution is -0.135. The van der Waals surface area contributed by atoms with Crippen LogP contribution in [0, 0.1) is 6.92 Å². The van der Waals surface area contributed by atoms with Crippen LogP contribution in [0.15, 0.2) is 52.2 Å². The van der Waals surface area contributed by atoms with Crippen LogP contribution in [-0.4, -0.2) is 41.7 Å². The Morgan fingerprint density at radius 2 is 2.03 bits per heavy atom. The Hall–Kier alpha value is -3.75. The van der Waals surface area contributed by atoms with Gasteiger partial charge in [0.2, 0.25) is 5.91 Å². The summed E-state index contributed by atoms with van der Waals surface area (Å²) >= 11 is 0. The molecule has 1 N–H and O–H groups in total. The van der Waals surface area contributed by atoms with E-state index in [1.807, 2.05) is 18.2 Å². The molecule has 1 aliphatic heterocycles. The van der Waals surface area contributed by atoms with Gasteiger partial charge in [0.15, 0.2) is 5.65 Å². The first-order valence-electron chi connectivity index (χ1n) is 10.3. The number of fused-ring (bicyclic) bond motifs is 2. The first kappa shape index (κ1) is 19.2. The van der Waals surface area contributed by atoms with Gasteiger partial charge >= 0.3 is 0 Å². The summed E-state index contributed by atoms with van der Waals surface area (Å²) in [5.41, 5.74) is 1.45. The van der Waals surface area contributed by atoms with E-state index in [-0.39, 0.29) is 23.1 Å². The number of rotatable bonds is 3. The van der Waals surface area contributed by atoms with Gasteiger partial charge in [-0.05, 0) is 32.8 Å². The fourth-order valence-corrected chi connectivity index (χ4v) is 4.38. The van der Waals surface area contributed by atoms with Crippen molar-refractivity contribution >= 4 is 22.3 Å². The minimum atomic E-state index is -0.745. The van der Waals surface area contributed by atoms with E-state index >= 15 is 0 Å². The zero-order valence-electron chi connectivity index (χ0n) is 17.3. The number of carbonyl (C=O) groups excluding carboxylic acids is 1. The highest BCUT2D eigenvalue weighted by Crippen LogP contribution is 2.33. The number of nitrogens with one attached hydrogen (secondary N) is 1. The summed E-state index contributed by atoms with van der Waals surface area (Å²) in [6.07, 6.45) is 3.21. The fourth-order valence-electron chi connectivity index (χ4n) is 4.38. The Balaban J connectivity index is 1.49. The minimum Gasteiger partial charge on any atom is -0.332 e. The second kappa shape index (κ2) is 7.19. The molecule has 2 unspecified atom stereocenters. The predicted octanol–water partition coefficient (Wildman–Crippen LogP) is 1.97. The number of aromatic amines is 1. The van der Waals surface area contributed by atoms with Crippen molar-refractivity contribution in [3.63, 3.8) is 0 Å². The molecule has 0 saturated carbocycles. The predicted molar refractivity (Wildman–Crippen MR) is 115 cm³/mol. The normalized spacial score (nSPS) is 17.5. The van der Waals surface area contributed by atoms with Crippen LogP contribution in [0.1, 0.15) is 43.2 Å². The van der Waals surface area contributed by atoms with E-state index in [0.717, 1.165) is 23.9 Å². The van der Waals surface area contributed by atoms with Crippen molar-refractivity contribution in [1.29, 1.82) is 0 Å². The number of benzene rings is 1. The molecule has 158 valence electrons. The quantitative estimate of drug-likeness (QED) is 0.548. The Kier molecular flexibility index (Phi) is 4.46. The van der Waals surface area contributed by atoms with Crippen molar-refractivity contribution in [3.05, 3.63) is 74.7 Å². The summed E-state index contributed by atoms with van der Waals surface area (Å²) in [5, 5.41) is 8.62. The second-order valence-electron chi connectivity index (χ2n) is 7.99. The molecule has 0 radical (unpaired) electrons. The van der Waals surface area contributed by atoms with E-state index < -0.39 is 6.04 Å². The molecule has 9 nitrogen and oxygen atoms in total. The number of aromatic nitrogens is 5. The van der Waals surface area contributed by atoms with Crippen LogP contribution in [0.4, 0.5) is 0 Å². The van der Waals surface area contributed by atoms with Gasteiger partial charge in [0.25, 0.3) is 11.1 Å². The number of nitrogens with zero attached hydrogens (tertiary/aromatic N) is 5. The molecular formula is C22H22N6O3. The largest absolute Gasteiger partial charge is 0.332 e. The maximum atomic E-state index is 13.4. The van der Waals surface area contributed by atoms with Gasteiger partial charge in [-0.15, -0.1) is 0 Å². The lowest BCUT2D eigenvalue weighted by Crippen LogP contribution is -2.40. The minimum absolute atomic E-state index is 0.178. The van der Waals surface area contributed by atoms with E-state index in [9.17, 15) is 14.4 Å². The third-order valence-corrected chi connectivity index (χ3v) is 5.94. The van der Waals surface area contributed by atoms with Crippen LogP contribution in [0.2, 0.25) is 0 Å². The number of hydrogen-bond acceptors (Lipinski definition) is 5. The van der Waals surface area contributed by atoms with Gasteiger partial charge in [0.05, 0.1) is 23.3 Å². The number of carbonyl (C=O) groups is 1. The Morgan fingerprint density at radius 3 is 2.87 bits per heavy atom. The van der Waals surface area contributed by atoms with E-state index in [4.69, 9.17) is 0 Å². The molecular weight excluding hydrogens is 396 g/mol. The standard InChI is InChI=1S/C22H22N6O3/c1-13-10-20(29)28-19(24-13)11-17(25-28)18-8-5-9-26(18)21(30)14(2)27-22(31)16-7-4-3-6-15(16)12-23-27/h3-4,6-7,10-12,14,18,25H,5,8-9H2,1-2H3. The molecule has 2 atom stereocenters. The monoisotopic (exact) mass is 418 g/mol. The van der Waals surface area contributed by atoms with Crippen LogP contribution >= 0.6 is 0 Å². The first-order chi connectivity index (χ1) is 14.9. The third-order valence-electron chi connectivity index (χ3n) is 5.94.